The molecule has 0 saturated heterocycles. The van der Waals surface area contributed by atoms with Crippen LogP contribution in [-0.4, -0.2) is 14.4 Å². The van der Waals surface area contributed by atoms with Crippen molar-refractivity contribution in [3.05, 3.63) is 36.5 Å². The van der Waals surface area contributed by atoms with E-state index in [1.807, 2.05) is 19.1 Å². The molecule has 0 aromatic carbocycles. The lowest BCUT2D eigenvalue weighted by atomic mass is 10.2. The second-order valence-corrected chi connectivity index (χ2v) is 9.86. The number of nitrogens with zero attached hydrogens (tertiary/aromatic N) is 1. The van der Waals surface area contributed by atoms with E-state index in [1.54, 1.807) is 0 Å². The van der Waals surface area contributed by atoms with Gasteiger partial charge in [-0.1, -0.05) is 30.4 Å². The fourth-order valence-electron chi connectivity index (χ4n) is 1.50. The van der Waals surface area contributed by atoms with Crippen LogP contribution in [0.4, 0.5) is 0 Å². The largest absolute Gasteiger partial charge is 0.399 e. The summed E-state index contributed by atoms with van der Waals surface area (Å²) in [5, 5.41) is 8.99. The molecule has 3 heteroatoms. The Morgan fingerprint density at radius 2 is 1.53 bits per heavy atom. The van der Waals surface area contributed by atoms with Crippen molar-refractivity contribution < 1.29 is 4.43 Å². The van der Waals surface area contributed by atoms with E-state index in [4.69, 9.17) is 9.69 Å². The summed E-state index contributed by atoms with van der Waals surface area (Å²) < 4.78 is 5.72. The minimum Gasteiger partial charge on any atom is -0.399 e. The number of hydrogen-bond acceptors (Lipinski definition) is 2. The quantitative estimate of drug-likeness (QED) is 0.338. The van der Waals surface area contributed by atoms with E-state index in [0.717, 1.165) is 25.7 Å². The van der Waals surface area contributed by atoms with Gasteiger partial charge in [0.15, 0.2) is 14.4 Å². The van der Waals surface area contributed by atoms with Crippen LogP contribution in [0.15, 0.2) is 36.5 Å². The van der Waals surface area contributed by atoms with E-state index in [1.165, 1.54) is 0 Å². The average molecular weight is 277 g/mol. The molecule has 0 aromatic rings. The Balaban J connectivity index is 3.80. The van der Waals surface area contributed by atoms with Gasteiger partial charge in [-0.15, -0.1) is 0 Å². The van der Waals surface area contributed by atoms with Crippen molar-refractivity contribution in [1.29, 1.82) is 5.26 Å². The third kappa shape index (κ3) is 13.1. The lowest BCUT2D eigenvalue weighted by Gasteiger charge is -2.19. The number of hydrogen-bond donors (Lipinski definition) is 0. The molecule has 0 fully saturated rings. The first-order valence-corrected chi connectivity index (χ1v) is 10.4. The van der Waals surface area contributed by atoms with Crippen molar-refractivity contribution in [2.24, 2.45) is 0 Å². The predicted molar refractivity (Wildman–Crippen MR) is 85.4 cm³/mol. The molecule has 0 aliphatic heterocycles. The van der Waals surface area contributed by atoms with Crippen LogP contribution in [0.2, 0.25) is 19.6 Å². The molecular formula is C16H27NOSi. The van der Waals surface area contributed by atoms with Gasteiger partial charge >= 0.3 is 0 Å². The highest BCUT2D eigenvalue weighted by molar-refractivity contribution is 6.69. The summed E-state index contributed by atoms with van der Waals surface area (Å²) in [7, 11) is -1.63. The van der Waals surface area contributed by atoms with Gasteiger partial charge in [0, 0.05) is 0 Å². The molecule has 0 amide bonds. The molecule has 19 heavy (non-hydrogen) atoms. The van der Waals surface area contributed by atoms with Crippen LogP contribution in [0.3, 0.4) is 0 Å². The highest BCUT2D eigenvalue weighted by Gasteiger charge is 2.18. The molecule has 106 valence electrons. The van der Waals surface area contributed by atoms with Gasteiger partial charge in [-0.25, -0.2) is 0 Å². The first-order valence-electron chi connectivity index (χ1n) is 7.00. The first-order chi connectivity index (χ1) is 8.99. The number of rotatable bonds is 9. The van der Waals surface area contributed by atoms with Crippen molar-refractivity contribution in [2.45, 2.75) is 58.4 Å². The van der Waals surface area contributed by atoms with Crippen molar-refractivity contribution in [3.63, 3.8) is 0 Å². The van der Waals surface area contributed by atoms with Crippen LogP contribution in [0.5, 0.6) is 0 Å². The first kappa shape index (κ1) is 17.9. The summed E-state index contributed by atoms with van der Waals surface area (Å²) in [4.78, 5) is 0. The van der Waals surface area contributed by atoms with Gasteiger partial charge in [-0.2, -0.15) is 5.26 Å². The fourth-order valence-corrected chi connectivity index (χ4v) is 2.39. The highest BCUT2D eigenvalue weighted by Crippen LogP contribution is 2.08. The van der Waals surface area contributed by atoms with E-state index in [-0.39, 0.29) is 6.10 Å². The van der Waals surface area contributed by atoms with Gasteiger partial charge in [-0.3, -0.25) is 0 Å². The van der Waals surface area contributed by atoms with Gasteiger partial charge in [0.05, 0.1) is 6.07 Å². The molecule has 0 saturated carbocycles. The van der Waals surface area contributed by atoms with Crippen LogP contribution in [0.25, 0.3) is 0 Å². The Labute approximate surface area is 119 Å². The van der Waals surface area contributed by atoms with Crippen molar-refractivity contribution in [2.75, 3.05) is 0 Å². The van der Waals surface area contributed by atoms with E-state index in [2.05, 4.69) is 50.0 Å². The Morgan fingerprint density at radius 3 is 2.00 bits per heavy atom. The number of allylic oxidation sites excluding steroid dienone is 5. The zero-order chi connectivity index (χ0) is 14.6. The van der Waals surface area contributed by atoms with E-state index in [0.29, 0.717) is 0 Å². The fraction of sp³-hybridized carbons (Fsp3) is 0.562. The molecule has 0 rings (SSSR count). The second-order valence-electron chi connectivity index (χ2n) is 5.40. The topological polar surface area (TPSA) is 33.0 Å². The maximum absolute atomic E-state index is 8.99. The van der Waals surface area contributed by atoms with E-state index in [9.17, 15) is 0 Å². The predicted octanol–water partition coefficient (Wildman–Crippen LogP) is 4.98. The molecule has 0 bridgehead atoms. The van der Waals surface area contributed by atoms with E-state index >= 15 is 0 Å². The van der Waals surface area contributed by atoms with Gasteiger partial charge < -0.3 is 4.43 Å². The molecule has 1 atom stereocenters. The van der Waals surface area contributed by atoms with Gasteiger partial charge in [0.2, 0.25) is 0 Å². The van der Waals surface area contributed by atoms with Crippen LogP contribution in [0.1, 0.15) is 32.6 Å². The summed E-state index contributed by atoms with van der Waals surface area (Å²) in [6.07, 6.45) is 16.4. The average Bonchev–Trinajstić information content (AvgIpc) is 2.34. The number of unbranched alkanes of at least 4 members (excludes halogenated alkanes) is 2. The minimum atomic E-state index is -1.63. The highest BCUT2D eigenvalue weighted by atomic mass is 28.4. The Hall–Kier alpha value is -1.11. The van der Waals surface area contributed by atoms with Crippen LogP contribution >= 0.6 is 0 Å². The van der Waals surface area contributed by atoms with Crippen molar-refractivity contribution in [3.8, 4) is 6.07 Å². The van der Waals surface area contributed by atoms with Crippen molar-refractivity contribution >= 4 is 8.32 Å². The molecule has 0 aliphatic rings. The summed E-state index contributed by atoms with van der Waals surface area (Å²) in [5.74, 6) is 0. The van der Waals surface area contributed by atoms with E-state index < -0.39 is 8.32 Å². The lowest BCUT2D eigenvalue weighted by Crippen LogP contribution is -2.30. The summed E-state index contributed by atoms with van der Waals surface area (Å²) in [5.41, 5.74) is 0. The third-order valence-electron chi connectivity index (χ3n) is 2.32. The molecule has 1 unspecified atom stereocenters. The maximum atomic E-state index is 8.99. The lowest BCUT2D eigenvalue weighted by molar-refractivity contribution is 0.295. The molecule has 0 aliphatic carbocycles. The zero-order valence-electron chi connectivity index (χ0n) is 12.7. The molecular weight excluding hydrogens is 250 g/mol. The monoisotopic (exact) mass is 277 g/mol. The van der Waals surface area contributed by atoms with Gasteiger partial charge in [0.25, 0.3) is 0 Å². The molecule has 0 aromatic heterocycles. The van der Waals surface area contributed by atoms with Crippen LogP contribution < -0.4 is 0 Å². The Morgan fingerprint density at radius 1 is 1.00 bits per heavy atom. The third-order valence-corrected chi connectivity index (χ3v) is 3.28. The Bertz CT molecular complexity index is 345. The molecule has 0 heterocycles. The molecule has 0 N–H and O–H groups in total. The van der Waals surface area contributed by atoms with Crippen LogP contribution in [-0.2, 0) is 4.43 Å². The van der Waals surface area contributed by atoms with Crippen molar-refractivity contribution in [1.82, 2.24) is 0 Å². The number of nitriles is 1. The smallest absolute Gasteiger partial charge is 0.185 e. The summed E-state index contributed by atoms with van der Waals surface area (Å²) in [6, 6.07) is 2.18. The molecule has 0 radical (unpaired) electrons. The Kier molecular flexibility index (Phi) is 10.1. The zero-order valence-corrected chi connectivity index (χ0v) is 13.7. The standard InChI is InChI=1S/C16H27NOSi/c1-5-6-7-8-9-10-11-12-13-14-16(15-17)18-19(2,3)4/h5-6,9-10,13-14,16H,7-8,11-12H2,1-4H3/b6-5+,10-9+,14-13+. The van der Waals surface area contributed by atoms with Crippen LogP contribution in [0, 0.1) is 11.3 Å². The van der Waals surface area contributed by atoms with Gasteiger partial charge in [-0.05, 0) is 58.3 Å². The normalized spacial score (nSPS) is 14.5. The summed E-state index contributed by atoms with van der Waals surface area (Å²) >= 11 is 0. The maximum Gasteiger partial charge on any atom is 0.185 e. The SMILES string of the molecule is C/C=C/CC/C=C/CC/C=C/C(C#N)O[Si](C)(C)C. The molecule has 0 spiro atoms. The molecule has 2 nitrogen and oxygen atoms in total. The minimum absolute atomic E-state index is 0.384. The summed E-state index contributed by atoms with van der Waals surface area (Å²) in [6.45, 7) is 8.33. The second kappa shape index (κ2) is 10.8. The van der Waals surface area contributed by atoms with Gasteiger partial charge in [0.1, 0.15) is 0 Å².